The number of likely N-dealkylation sites (N-methyl/N-ethyl adjacent to an activating group) is 1. The molecule has 150 valence electrons. The highest BCUT2D eigenvalue weighted by molar-refractivity contribution is 5.99. The molecule has 0 spiro atoms. The highest BCUT2D eigenvalue weighted by Gasteiger charge is 2.26. The second kappa shape index (κ2) is 8.62. The molecule has 5 nitrogen and oxygen atoms in total. The molecule has 1 aliphatic rings. The summed E-state index contributed by atoms with van der Waals surface area (Å²) in [7, 11) is 0. The van der Waals surface area contributed by atoms with E-state index in [0.717, 1.165) is 44.0 Å². The molecule has 1 fully saturated rings. The summed E-state index contributed by atoms with van der Waals surface area (Å²) in [5.74, 6) is 0.0793. The lowest BCUT2D eigenvalue weighted by molar-refractivity contribution is 0.0644. The molecule has 0 atom stereocenters. The van der Waals surface area contributed by atoms with Crippen LogP contribution in [0.4, 0.5) is 0 Å². The van der Waals surface area contributed by atoms with Crippen LogP contribution in [0.3, 0.4) is 0 Å². The summed E-state index contributed by atoms with van der Waals surface area (Å²) in [4.78, 5) is 17.7. The Morgan fingerprint density at radius 1 is 0.966 bits per heavy atom. The van der Waals surface area contributed by atoms with Gasteiger partial charge in [-0.15, -0.1) is 0 Å². The fourth-order valence-electron chi connectivity index (χ4n) is 3.79. The van der Waals surface area contributed by atoms with Gasteiger partial charge in [-0.25, -0.2) is 0 Å². The van der Waals surface area contributed by atoms with Gasteiger partial charge in [0.05, 0.1) is 12.1 Å². The average molecular weight is 389 g/mol. The van der Waals surface area contributed by atoms with Gasteiger partial charge in [0.2, 0.25) is 0 Å². The van der Waals surface area contributed by atoms with Crippen molar-refractivity contribution in [3.05, 3.63) is 77.5 Å². The number of hydrogen-bond acceptors (Lipinski definition) is 3. The van der Waals surface area contributed by atoms with E-state index in [1.54, 1.807) is 0 Å². The van der Waals surface area contributed by atoms with Crippen LogP contribution < -0.4 is 0 Å². The number of hydrogen-bond donors (Lipinski definition) is 0. The van der Waals surface area contributed by atoms with E-state index in [-0.39, 0.29) is 5.91 Å². The van der Waals surface area contributed by atoms with Crippen LogP contribution in [0, 0.1) is 6.92 Å². The van der Waals surface area contributed by atoms with Crippen LogP contribution >= 0.6 is 0 Å². The van der Waals surface area contributed by atoms with Crippen LogP contribution in [0.1, 0.15) is 28.4 Å². The third-order valence-electron chi connectivity index (χ3n) is 5.61. The normalized spacial score (nSPS) is 14.9. The van der Waals surface area contributed by atoms with Crippen molar-refractivity contribution in [1.29, 1.82) is 0 Å². The molecule has 0 saturated carbocycles. The molecule has 0 N–H and O–H groups in total. The number of aryl methyl sites for hydroxylation is 1. The number of benzene rings is 2. The summed E-state index contributed by atoms with van der Waals surface area (Å²) in [5.41, 5.74) is 4.80. The van der Waals surface area contributed by atoms with E-state index < -0.39 is 0 Å². The molecule has 1 amide bonds. The first-order valence-corrected chi connectivity index (χ1v) is 10.3. The lowest BCUT2D eigenvalue weighted by Crippen LogP contribution is -2.48. The zero-order chi connectivity index (χ0) is 20.2. The van der Waals surface area contributed by atoms with Crippen molar-refractivity contribution in [2.75, 3.05) is 32.7 Å². The molecule has 0 unspecified atom stereocenters. The van der Waals surface area contributed by atoms with Crippen LogP contribution in [-0.2, 0) is 6.54 Å². The molecule has 0 bridgehead atoms. The zero-order valence-electron chi connectivity index (χ0n) is 17.2. The molecule has 0 aliphatic carbocycles. The van der Waals surface area contributed by atoms with Crippen molar-refractivity contribution in [1.82, 2.24) is 19.6 Å². The molecule has 2 aromatic carbocycles. The molecule has 5 heteroatoms. The molecule has 1 saturated heterocycles. The summed E-state index contributed by atoms with van der Waals surface area (Å²) in [6.07, 6.45) is 1.91. The Hall–Kier alpha value is -2.92. The Balaban J connectivity index is 1.65. The number of carbonyl (C=O) groups excluding carboxylic acids is 1. The largest absolute Gasteiger partial charge is 0.336 e. The Kier molecular flexibility index (Phi) is 5.76. The highest BCUT2D eigenvalue weighted by Crippen LogP contribution is 2.25. The number of amides is 1. The van der Waals surface area contributed by atoms with Crippen LogP contribution in [-0.4, -0.2) is 58.2 Å². The minimum Gasteiger partial charge on any atom is -0.336 e. The van der Waals surface area contributed by atoms with Gasteiger partial charge in [0, 0.05) is 37.9 Å². The zero-order valence-corrected chi connectivity index (χ0v) is 17.2. The minimum atomic E-state index is 0.0793. The molecule has 1 aliphatic heterocycles. The van der Waals surface area contributed by atoms with Crippen LogP contribution in [0.15, 0.2) is 60.8 Å². The SMILES string of the molecule is CCN1CCN(C(=O)c2cn(Cc3ccccc3)nc2-c2ccc(C)cc2)CC1. The van der Waals surface area contributed by atoms with Gasteiger partial charge in [0.25, 0.3) is 5.91 Å². The molecule has 3 aromatic rings. The number of rotatable bonds is 5. The number of nitrogens with zero attached hydrogens (tertiary/aromatic N) is 4. The summed E-state index contributed by atoms with van der Waals surface area (Å²) in [5, 5.41) is 4.81. The van der Waals surface area contributed by atoms with Gasteiger partial charge >= 0.3 is 0 Å². The van der Waals surface area contributed by atoms with E-state index in [0.29, 0.717) is 12.1 Å². The van der Waals surface area contributed by atoms with E-state index >= 15 is 0 Å². The third-order valence-corrected chi connectivity index (χ3v) is 5.61. The Morgan fingerprint density at radius 3 is 2.31 bits per heavy atom. The summed E-state index contributed by atoms with van der Waals surface area (Å²) in [6.45, 7) is 9.31. The Morgan fingerprint density at radius 2 is 1.66 bits per heavy atom. The molecule has 0 radical (unpaired) electrons. The predicted octanol–water partition coefficient (Wildman–Crippen LogP) is 3.68. The first kappa shape index (κ1) is 19.4. The van der Waals surface area contributed by atoms with Crippen molar-refractivity contribution in [2.24, 2.45) is 0 Å². The molecule has 2 heterocycles. The number of carbonyl (C=O) groups is 1. The topological polar surface area (TPSA) is 41.4 Å². The fourth-order valence-corrected chi connectivity index (χ4v) is 3.79. The quantitative estimate of drug-likeness (QED) is 0.669. The van der Waals surface area contributed by atoms with Crippen LogP contribution in [0.25, 0.3) is 11.3 Å². The maximum atomic E-state index is 13.4. The van der Waals surface area contributed by atoms with E-state index in [1.165, 1.54) is 11.1 Å². The standard InChI is InChI=1S/C24H28N4O/c1-3-26-13-15-27(16-14-26)24(29)22-18-28(17-20-7-5-4-6-8-20)25-23(22)21-11-9-19(2)10-12-21/h4-12,18H,3,13-17H2,1-2H3. The second-order valence-corrected chi connectivity index (χ2v) is 7.67. The molecular formula is C24H28N4O. The fraction of sp³-hybridized carbons (Fsp3) is 0.333. The van der Waals surface area contributed by atoms with Gasteiger partial charge in [-0.2, -0.15) is 5.10 Å². The molecule has 29 heavy (non-hydrogen) atoms. The van der Waals surface area contributed by atoms with Gasteiger partial charge in [-0.3, -0.25) is 9.48 Å². The van der Waals surface area contributed by atoms with Crippen LogP contribution in [0.2, 0.25) is 0 Å². The maximum Gasteiger partial charge on any atom is 0.257 e. The van der Waals surface area contributed by atoms with E-state index in [9.17, 15) is 4.79 Å². The summed E-state index contributed by atoms with van der Waals surface area (Å²) in [6, 6.07) is 18.5. The Labute approximate surface area is 172 Å². The predicted molar refractivity (Wildman–Crippen MR) is 116 cm³/mol. The minimum absolute atomic E-state index is 0.0793. The molecule has 1 aromatic heterocycles. The first-order valence-electron chi connectivity index (χ1n) is 10.3. The average Bonchev–Trinajstić information content (AvgIpc) is 3.18. The first-order chi connectivity index (χ1) is 14.1. The van der Waals surface area contributed by atoms with Crippen molar-refractivity contribution < 1.29 is 4.79 Å². The lowest BCUT2D eigenvalue weighted by Gasteiger charge is -2.34. The monoisotopic (exact) mass is 388 g/mol. The molecular weight excluding hydrogens is 360 g/mol. The highest BCUT2D eigenvalue weighted by atomic mass is 16.2. The van der Waals surface area contributed by atoms with Crippen LogP contribution in [0.5, 0.6) is 0 Å². The van der Waals surface area contributed by atoms with E-state index in [1.807, 2.05) is 34.0 Å². The van der Waals surface area contributed by atoms with Crippen molar-refractivity contribution in [3.8, 4) is 11.3 Å². The second-order valence-electron chi connectivity index (χ2n) is 7.67. The maximum absolute atomic E-state index is 13.4. The van der Waals surface area contributed by atoms with Gasteiger partial charge in [-0.05, 0) is 19.0 Å². The van der Waals surface area contributed by atoms with Gasteiger partial charge < -0.3 is 9.80 Å². The van der Waals surface area contributed by atoms with Gasteiger partial charge in [0.15, 0.2) is 0 Å². The summed E-state index contributed by atoms with van der Waals surface area (Å²) >= 11 is 0. The van der Waals surface area contributed by atoms with Crippen molar-refractivity contribution in [2.45, 2.75) is 20.4 Å². The van der Waals surface area contributed by atoms with Crippen molar-refractivity contribution >= 4 is 5.91 Å². The van der Waals surface area contributed by atoms with Gasteiger partial charge in [-0.1, -0.05) is 67.1 Å². The third kappa shape index (κ3) is 4.40. The number of piperazine rings is 1. The Bertz CT molecular complexity index is 954. The van der Waals surface area contributed by atoms with E-state index in [4.69, 9.17) is 5.10 Å². The number of aromatic nitrogens is 2. The molecule has 4 rings (SSSR count). The van der Waals surface area contributed by atoms with Gasteiger partial charge in [0.1, 0.15) is 5.69 Å². The smallest absolute Gasteiger partial charge is 0.257 e. The van der Waals surface area contributed by atoms with Crippen molar-refractivity contribution in [3.63, 3.8) is 0 Å². The lowest BCUT2D eigenvalue weighted by atomic mass is 10.1. The summed E-state index contributed by atoms with van der Waals surface area (Å²) < 4.78 is 1.89. The van der Waals surface area contributed by atoms with E-state index in [2.05, 4.69) is 55.1 Å².